The Balaban J connectivity index is 1.37. The number of nitrogens with one attached hydrogen (secondary N) is 3. The molecule has 2 heterocycles. The van der Waals surface area contributed by atoms with Crippen LogP contribution in [0.2, 0.25) is 0 Å². The Morgan fingerprint density at radius 3 is 2.56 bits per heavy atom. The topological polar surface area (TPSA) is 50.3 Å². The maximum absolute atomic E-state index is 12.0. The van der Waals surface area contributed by atoms with Gasteiger partial charge in [0, 0.05) is 10.4 Å². The molecule has 3 N–H and O–H groups in total. The van der Waals surface area contributed by atoms with Gasteiger partial charge < -0.3 is 9.80 Å². The lowest BCUT2D eigenvalue weighted by Gasteiger charge is -2.29. The summed E-state index contributed by atoms with van der Waals surface area (Å²) in [6.45, 7) is 7.89. The first-order valence-electron chi connectivity index (χ1n) is 8.78. The van der Waals surface area contributed by atoms with Gasteiger partial charge >= 0.3 is 0 Å². The van der Waals surface area contributed by atoms with Crippen LogP contribution >= 0.6 is 11.3 Å². The maximum atomic E-state index is 12.0. The Morgan fingerprint density at radius 1 is 1.16 bits per heavy atom. The van der Waals surface area contributed by atoms with Gasteiger partial charge in [0.1, 0.15) is 32.7 Å². The second kappa shape index (κ2) is 8.89. The Hall–Kier alpha value is -2.02. The van der Waals surface area contributed by atoms with Crippen molar-refractivity contribution in [2.45, 2.75) is 13.5 Å². The van der Waals surface area contributed by atoms with E-state index < -0.39 is 0 Å². The molecule has 0 bridgehead atoms. The van der Waals surface area contributed by atoms with Crippen LogP contribution in [0.15, 0.2) is 46.9 Å². The summed E-state index contributed by atoms with van der Waals surface area (Å²) in [5.74, 6) is -0.00744. The molecule has 2 aromatic rings. The number of carbonyl (C=O) groups excluding carboxylic acids is 1. The molecule has 1 amide bonds. The Labute approximate surface area is 153 Å². The fourth-order valence-electron chi connectivity index (χ4n) is 3.14. The second-order valence-electron chi connectivity index (χ2n) is 6.60. The predicted octanol–water partition coefficient (Wildman–Crippen LogP) is -0.510. The van der Waals surface area contributed by atoms with Crippen LogP contribution in [0, 0.1) is 6.92 Å². The summed E-state index contributed by atoms with van der Waals surface area (Å²) in [5.41, 5.74) is 5.23. The number of hydrogen-bond acceptors (Lipinski definition) is 3. The minimum Gasteiger partial charge on any atom is -0.322 e. The fraction of sp³-hybridized carbons (Fsp3) is 0.368. The quantitative estimate of drug-likeness (QED) is 0.473. The molecule has 1 aliphatic heterocycles. The van der Waals surface area contributed by atoms with Crippen molar-refractivity contribution in [2.75, 3.05) is 32.7 Å². The zero-order chi connectivity index (χ0) is 17.5. The molecule has 1 fully saturated rings. The van der Waals surface area contributed by atoms with Gasteiger partial charge in [-0.25, -0.2) is 5.43 Å². The molecule has 1 aliphatic rings. The number of carbonyl (C=O) groups is 1. The largest absolute Gasteiger partial charge is 0.322 e. The molecule has 132 valence electrons. The molecule has 5 nitrogen and oxygen atoms in total. The Kier molecular flexibility index (Phi) is 6.33. The summed E-state index contributed by atoms with van der Waals surface area (Å²) in [5, 5.41) is 6.11. The first-order chi connectivity index (χ1) is 12.2. The van der Waals surface area contributed by atoms with Crippen LogP contribution in [-0.2, 0) is 11.3 Å². The number of benzene rings is 1. The molecule has 6 heteroatoms. The van der Waals surface area contributed by atoms with Gasteiger partial charge in [-0.1, -0.05) is 30.3 Å². The standard InChI is InChI=1S/C19H24N4OS/c1-16-7-12-25-18(16)13-20-21-19(24)15-23-10-8-22(9-11-23)14-17-5-3-2-4-6-17/h2-7,12-13H,8-11,14-15H2,1H3,(H,21,24)/p+2. The van der Waals surface area contributed by atoms with E-state index in [0.29, 0.717) is 6.54 Å². The van der Waals surface area contributed by atoms with Crippen LogP contribution in [0.5, 0.6) is 0 Å². The van der Waals surface area contributed by atoms with Gasteiger partial charge in [-0.3, -0.25) is 4.79 Å². The van der Waals surface area contributed by atoms with Gasteiger partial charge in [-0.05, 0) is 23.9 Å². The third-order valence-corrected chi connectivity index (χ3v) is 5.60. The highest BCUT2D eigenvalue weighted by Gasteiger charge is 2.24. The molecule has 0 aliphatic carbocycles. The van der Waals surface area contributed by atoms with Crippen LogP contribution in [0.3, 0.4) is 0 Å². The van der Waals surface area contributed by atoms with Gasteiger partial charge in [-0.15, -0.1) is 11.3 Å². The molecular formula is C19H26N4OS+2. The highest BCUT2D eigenvalue weighted by Crippen LogP contribution is 2.12. The molecule has 0 spiro atoms. The van der Waals surface area contributed by atoms with E-state index in [9.17, 15) is 4.79 Å². The van der Waals surface area contributed by atoms with Crippen LogP contribution in [0.1, 0.15) is 16.0 Å². The van der Waals surface area contributed by atoms with Gasteiger partial charge in [0.15, 0.2) is 6.54 Å². The molecular weight excluding hydrogens is 332 g/mol. The number of piperazine rings is 1. The van der Waals surface area contributed by atoms with Crippen molar-refractivity contribution in [1.82, 2.24) is 5.43 Å². The molecule has 0 saturated carbocycles. The molecule has 0 radical (unpaired) electrons. The number of hydrazone groups is 1. The van der Waals surface area contributed by atoms with Crippen molar-refractivity contribution in [1.29, 1.82) is 0 Å². The van der Waals surface area contributed by atoms with Gasteiger partial charge in [0.25, 0.3) is 5.91 Å². The number of amides is 1. The van der Waals surface area contributed by atoms with E-state index >= 15 is 0 Å². The van der Waals surface area contributed by atoms with Crippen molar-refractivity contribution < 1.29 is 14.6 Å². The third-order valence-electron chi connectivity index (χ3n) is 4.64. The number of nitrogens with zero attached hydrogens (tertiary/aromatic N) is 1. The van der Waals surface area contributed by atoms with E-state index in [1.54, 1.807) is 22.5 Å². The normalized spacial score (nSPS) is 20.7. The number of quaternary nitrogens is 2. The Bertz CT molecular complexity index is 705. The van der Waals surface area contributed by atoms with Crippen LogP contribution in [-0.4, -0.2) is 44.8 Å². The molecule has 1 aromatic carbocycles. The molecule has 1 saturated heterocycles. The smallest absolute Gasteiger partial charge is 0.295 e. The monoisotopic (exact) mass is 358 g/mol. The van der Waals surface area contributed by atoms with E-state index in [0.717, 1.165) is 37.6 Å². The van der Waals surface area contributed by atoms with Crippen molar-refractivity contribution in [3.05, 3.63) is 57.8 Å². The molecule has 3 rings (SSSR count). The van der Waals surface area contributed by atoms with E-state index in [-0.39, 0.29) is 5.91 Å². The van der Waals surface area contributed by atoms with E-state index in [1.807, 2.05) is 12.3 Å². The lowest BCUT2D eigenvalue weighted by molar-refractivity contribution is -1.02. The zero-order valence-corrected chi connectivity index (χ0v) is 15.4. The van der Waals surface area contributed by atoms with Crippen molar-refractivity contribution in [3.8, 4) is 0 Å². The SMILES string of the molecule is Cc1ccsc1C=NNC(=O)C[NH+]1CC[NH+](Cc2ccccc2)CC1. The lowest BCUT2D eigenvalue weighted by atomic mass is 10.2. The third kappa shape index (κ3) is 5.49. The highest BCUT2D eigenvalue weighted by molar-refractivity contribution is 7.11. The average molecular weight is 359 g/mol. The van der Waals surface area contributed by atoms with Crippen molar-refractivity contribution in [2.24, 2.45) is 5.10 Å². The summed E-state index contributed by atoms with van der Waals surface area (Å²) in [4.78, 5) is 16.1. The van der Waals surface area contributed by atoms with E-state index in [1.165, 1.54) is 16.0 Å². The van der Waals surface area contributed by atoms with E-state index in [2.05, 4.69) is 46.9 Å². The molecule has 25 heavy (non-hydrogen) atoms. The van der Waals surface area contributed by atoms with Crippen LogP contribution in [0.25, 0.3) is 0 Å². The molecule has 1 aromatic heterocycles. The lowest BCUT2D eigenvalue weighted by Crippen LogP contribution is -3.28. The summed E-state index contributed by atoms with van der Waals surface area (Å²) < 4.78 is 0. The van der Waals surface area contributed by atoms with Crippen molar-refractivity contribution in [3.63, 3.8) is 0 Å². The van der Waals surface area contributed by atoms with Crippen LogP contribution < -0.4 is 15.2 Å². The first-order valence-corrected chi connectivity index (χ1v) is 9.66. The summed E-state index contributed by atoms with van der Waals surface area (Å²) >= 11 is 1.63. The second-order valence-corrected chi connectivity index (χ2v) is 7.55. The molecule has 0 unspecified atom stereocenters. The number of thiophene rings is 1. The summed E-state index contributed by atoms with van der Waals surface area (Å²) in [7, 11) is 0. The minimum absolute atomic E-state index is 0.00744. The number of hydrogen-bond donors (Lipinski definition) is 3. The maximum Gasteiger partial charge on any atom is 0.295 e. The highest BCUT2D eigenvalue weighted by atomic mass is 32.1. The van der Waals surface area contributed by atoms with Gasteiger partial charge in [-0.2, -0.15) is 5.10 Å². The van der Waals surface area contributed by atoms with Gasteiger partial charge in [0.05, 0.1) is 6.21 Å². The Morgan fingerprint density at radius 2 is 1.88 bits per heavy atom. The first kappa shape index (κ1) is 17.8. The number of rotatable bonds is 6. The minimum atomic E-state index is -0.00744. The summed E-state index contributed by atoms with van der Waals surface area (Å²) in [6.07, 6.45) is 1.73. The van der Waals surface area contributed by atoms with Gasteiger partial charge in [0.2, 0.25) is 0 Å². The van der Waals surface area contributed by atoms with Crippen LogP contribution in [0.4, 0.5) is 0 Å². The number of aryl methyl sites for hydroxylation is 1. The predicted molar refractivity (Wildman–Crippen MR) is 101 cm³/mol. The zero-order valence-electron chi connectivity index (χ0n) is 14.6. The fourth-order valence-corrected chi connectivity index (χ4v) is 3.93. The average Bonchev–Trinajstić information content (AvgIpc) is 3.03. The van der Waals surface area contributed by atoms with Crippen molar-refractivity contribution >= 4 is 23.5 Å². The summed E-state index contributed by atoms with van der Waals surface area (Å²) in [6, 6.07) is 12.7. The van der Waals surface area contributed by atoms with E-state index in [4.69, 9.17) is 0 Å². The molecule has 0 atom stereocenters.